The van der Waals surface area contributed by atoms with Crippen molar-refractivity contribution in [1.29, 1.82) is 0 Å². The smallest absolute Gasteiger partial charge is 0.151 e. The van der Waals surface area contributed by atoms with E-state index < -0.39 is 0 Å². The minimum absolute atomic E-state index is 0.441. The SMILES string of the molecule is CSC1CCC(Nc2ccc(Cl)nn2)CC1. The third-order valence-electron chi connectivity index (χ3n) is 2.99. The highest BCUT2D eigenvalue weighted by Crippen LogP contribution is 2.28. The Hall–Kier alpha value is -0.480. The highest BCUT2D eigenvalue weighted by Gasteiger charge is 2.20. The van der Waals surface area contributed by atoms with Crippen LogP contribution in [0.5, 0.6) is 0 Å². The first-order valence-electron chi connectivity index (χ1n) is 5.56. The summed E-state index contributed by atoms with van der Waals surface area (Å²) in [6.07, 6.45) is 7.22. The monoisotopic (exact) mass is 257 g/mol. The summed E-state index contributed by atoms with van der Waals surface area (Å²) in [5, 5.41) is 12.5. The molecule has 0 amide bonds. The second kappa shape index (κ2) is 5.73. The Kier molecular flexibility index (Phi) is 4.29. The average Bonchev–Trinajstić information content (AvgIpc) is 2.33. The van der Waals surface area contributed by atoms with Crippen LogP contribution in [-0.4, -0.2) is 27.7 Å². The number of nitrogens with one attached hydrogen (secondary N) is 1. The van der Waals surface area contributed by atoms with Gasteiger partial charge >= 0.3 is 0 Å². The molecule has 0 aliphatic heterocycles. The maximum atomic E-state index is 5.69. The fourth-order valence-corrected chi connectivity index (χ4v) is 2.89. The molecule has 16 heavy (non-hydrogen) atoms. The predicted octanol–water partition coefficient (Wildman–Crippen LogP) is 3.22. The zero-order valence-electron chi connectivity index (χ0n) is 9.32. The van der Waals surface area contributed by atoms with Gasteiger partial charge in [0.2, 0.25) is 0 Å². The highest BCUT2D eigenvalue weighted by molar-refractivity contribution is 7.99. The quantitative estimate of drug-likeness (QED) is 0.902. The van der Waals surface area contributed by atoms with Crippen LogP contribution in [0.25, 0.3) is 0 Å². The van der Waals surface area contributed by atoms with Gasteiger partial charge in [-0.2, -0.15) is 11.8 Å². The molecule has 1 aromatic heterocycles. The van der Waals surface area contributed by atoms with E-state index in [0.717, 1.165) is 11.1 Å². The van der Waals surface area contributed by atoms with Crippen molar-refractivity contribution in [2.24, 2.45) is 0 Å². The van der Waals surface area contributed by atoms with Gasteiger partial charge in [0.1, 0.15) is 5.82 Å². The van der Waals surface area contributed by atoms with Crippen LogP contribution < -0.4 is 5.32 Å². The number of hydrogen-bond donors (Lipinski definition) is 1. The summed E-state index contributed by atoms with van der Waals surface area (Å²) in [5.74, 6) is 0.831. The van der Waals surface area contributed by atoms with E-state index in [4.69, 9.17) is 11.6 Å². The van der Waals surface area contributed by atoms with Gasteiger partial charge in [0.05, 0.1) is 0 Å². The van der Waals surface area contributed by atoms with Crippen LogP contribution in [-0.2, 0) is 0 Å². The van der Waals surface area contributed by atoms with Crippen LogP contribution in [0.1, 0.15) is 25.7 Å². The van der Waals surface area contributed by atoms with E-state index >= 15 is 0 Å². The Bertz CT molecular complexity index is 323. The first-order chi connectivity index (χ1) is 7.78. The Morgan fingerprint density at radius 1 is 1.25 bits per heavy atom. The van der Waals surface area contributed by atoms with E-state index in [2.05, 4.69) is 21.8 Å². The lowest BCUT2D eigenvalue weighted by Crippen LogP contribution is -2.27. The number of halogens is 1. The molecule has 0 spiro atoms. The number of hydrogen-bond acceptors (Lipinski definition) is 4. The van der Waals surface area contributed by atoms with Gasteiger partial charge in [0.15, 0.2) is 5.15 Å². The van der Waals surface area contributed by atoms with E-state index in [1.54, 1.807) is 6.07 Å². The summed E-state index contributed by atoms with van der Waals surface area (Å²) in [7, 11) is 0. The third kappa shape index (κ3) is 3.25. The number of anilines is 1. The van der Waals surface area contributed by atoms with Crippen molar-refractivity contribution < 1.29 is 0 Å². The lowest BCUT2D eigenvalue weighted by molar-refractivity contribution is 0.472. The van der Waals surface area contributed by atoms with Crippen molar-refractivity contribution in [3.05, 3.63) is 17.3 Å². The van der Waals surface area contributed by atoms with Gasteiger partial charge in [-0.1, -0.05) is 11.6 Å². The predicted molar refractivity (Wildman–Crippen MR) is 70.2 cm³/mol. The molecule has 2 rings (SSSR count). The lowest BCUT2D eigenvalue weighted by atomic mass is 9.95. The Balaban J connectivity index is 1.84. The zero-order chi connectivity index (χ0) is 11.4. The van der Waals surface area contributed by atoms with Crippen LogP contribution in [0, 0.1) is 0 Å². The first-order valence-corrected chi connectivity index (χ1v) is 7.23. The summed E-state index contributed by atoms with van der Waals surface area (Å²) in [4.78, 5) is 0. The Morgan fingerprint density at radius 2 is 2.00 bits per heavy atom. The largest absolute Gasteiger partial charge is 0.366 e. The highest BCUT2D eigenvalue weighted by atomic mass is 35.5. The maximum absolute atomic E-state index is 5.69. The first kappa shape index (κ1) is 12.0. The summed E-state index contributed by atoms with van der Waals surface area (Å²) < 4.78 is 0. The molecule has 0 radical (unpaired) electrons. The van der Waals surface area contributed by atoms with Crippen LogP contribution in [0.15, 0.2) is 12.1 Å². The molecular weight excluding hydrogens is 242 g/mol. The topological polar surface area (TPSA) is 37.8 Å². The average molecular weight is 258 g/mol. The van der Waals surface area contributed by atoms with Gasteiger partial charge in [-0.3, -0.25) is 0 Å². The van der Waals surface area contributed by atoms with E-state index in [1.165, 1.54) is 25.7 Å². The summed E-state index contributed by atoms with van der Waals surface area (Å²) in [5.41, 5.74) is 0. The second-order valence-corrected chi connectivity index (χ2v) is 5.62. The van der Waals surface area contributed by atoms with E-state index in [-0.39, 0.29) is 0 Å². The molecule has 1 N–H and O–H groups in total. The van der Waals surface area contributed by atoms with E-state index in [9.17, 15) is 0 Å². The summed E-state index contributed by atoms with van der Waals surface area (Å²) in [6.45, 7) is 0. The van der Waals surface area contributed by atoms with Crippen LogP contribution in [0.4, 0.5) is 5.82 Å². The molecule has 1 aliphatic rings. The van der Waals surface area contributed by atoms with Crippen LogP contribution in [0.2, 0.25) is 5.15 Å². The molecule has 1 heterocycles. The fraction of sp³-hybridized carbons (Fsp3) is 0.636. The van der Waals surface area contributed by atoms with Gasteiger partial charge < -0.3 is 5.32 Å². The van der Waals surface area contributed by atoms with Gasteiger partial charge in [-0.15, -0.1) is 10.2 Å². The molecule has 1 aliphatic carbocycles. The number of nitrogens with zero attached hydrogens (tertiary/aromatic N) is 2. The van der Waals surface area contributed by atoms with Gasteiger partial charge in [-0.25, -0.2) is 0 Å². The molecule has 0 unspecified atom stereocenters. The van der Waals surface area contributed by atoms with Gasteiger partial charge in [-0.05, 0) is 44.1 Å². The number of thioether (sulfide) groups is 1. The molecule has 3 nitrogen and oxygen atoms in total. The van der Waals surface area contributed by atoms with Gasteiger partial charge in [0.25, 0.3) is 0 Å². The third-order valence-corrected chi connectivity index (χ3v) is 4.33. The van der Waals surface area contributed by atoms with Crippen molar-refractivity contribution in [2.75, 3.05) is 11.6 Å². The zero-order valence-corrected chi connectivity index (χ0v) is 10.9. The molecule has 0 atom stereocenters. The second-order valence-electron chi connectivity index (χ2n) is 4.09. The Labute approximate surface area is 105 Å². The lowest BCUT2D eigenvalue weighted by Gasteiger charge is -2.28. The van der Waals surface area contributed by atoms with Crippen molar-refractivity contribution >= 4 is 29.2 Å². The van der Waals surface area contributed by atoms with Crippen molar-refractivity contribution in [1.82, 2.24) is 10.2 Å². The molecule has 1 aromatic rings. The molecule has 88 valence electrons. The molecule has 5 heteroatoms. The van der Waals surface area contributed by atoms with Crippen molar-refractivity contribution in [3.8, 4) is 0 Å². The summed E-state index contributed by atoms with van der Waals surface area (Å²) >= 11 is 7.67. The van der Waals surface area contributed by atoms with Crippen LogP contribution >= 0.6 is 23.4 Å². The number of rotatable bonds is 3. The minimum atomic E-state index is 0.441. The molecule has 1 saturated carbocycles. The van der Waals surface area contributed by atoms with E-state index in [0.29, 0.717) is 11.2 Å². The molecule has 0 aromatic carbocycles. The molecule has 0 bridgehead atoms. The van der Waals surface area contributed by atoms with Crippen molar-refractivity contribution in [3.63, 3.8) is 0 Å². The standard InChI is InChI=1S/C11H16ClN3S/c1-16-9-4-2-8(3-5-9)13-11-7-6-10(12)14-15-11/h6-9H,2-5H2,1H3,(H,13,15). The van der Waals surface area contributed by atoms with Gasteiger partial charge in [0, 0.05) is 11.3 Å². The Morgan fingerprint density at radius 3 is 2.56 bits per heavy atom. The molecular formula is C11H16ClN3S. The summed E-state index contributed by atoms with van der Waals surface area (Å²) in [6, 6.07) is 4.19. The van der Waals surface area contributed by atoms with E-state index in [1.807, 2.05) is 17.8 Å². The maximum Gasteiger partial charge on any atom is 0.151 e. The normalized spacial score (nSPS) is 25.4. The molecule has 0 saturated heterocycles. The number of aromatic nitrogens is 2. The fourth-order valence-electron chi connectivity index (χ4n) is 2.04. The minimum Gasteiger partial charge on any atom is -0.366 e. The van der Waals surface area contributed by atoms with Crippen LogP contribution in [0.3, 0.4) is 0 Å². The van der Waals surface area contributed by atoms with Crippen molar-refractivity contribution in [2.45, 2.75) is 37.0 Å². The molecule has 1 fully saturated rings.